The first kappa shape index (κ1) is 9.84. The van der Waals surface area contributed by atoms with Crippen molar-refractivity contribution in [1.29, 1.82) is 0 Å². The minimum Gasteiger partial charge on any atom is -0.463 e. The summed E-state index contributed by atoms with van der Waals surface area (Å²) in [5.74, 6) is 1.95. The lowest BCUT2D eigenvalue weighted by atomic mass is 10.2. The van der Waals surface area contributed by atoms with Gasteiger partial charge >= 0.3 is 0 Å². The van der Waals surface area contributed by atoms with Crippen molar-refractivity contribution in [2.75, 3.05) is 0 Å². The molecule has 0 saturated heterocycles. The van der Waals surface area contributed by atoms with E-state index in [2.05, 4.69) is 9.97 Å². The number of hydrogen-bond acceptors (Lipinski definition) is 4. The zero-order valence-electron chi connectivity index (χ0n) is 9.25. The van der Waals surface area contributed by atoms with Crippen LogP contribution in [-0.2, 0) is 0 Å². The smallest absolute Gasteiger partial charge is 0.196 e. The van der Waals surface area contributed by atoms with Crippen molar-refractivity contribution in [3.8, 4) is 23.0 Å². The second-order valence-corrected chi connectivity index (χ2v) is 3.67. The molecule has 3 aromatic rings. The molecule has 0 N–H and O–H groups in total. The Kier molecular flexibility index (Phi) is 2.26. The maximum absolute atomic E-state index is 5.33. The third kappa shape index (κ3) is 1.85. The minimum atomic E-state index is 0.571. The Bertz CT molecular complexity index is 560. The van der Waals surface area contributed by atoms with E-state index in [0.717, 1.165) is 17.1 Å². The van der Waals surface area contributed by atoms with Gasteiger partial charge in [-0.1, -0.05) is 0 Å². The summed E-state index contributed by atoms with van der Waals surface area (Å²) in [5, 5.41) is 0. The molecule has 0 fully saturated rings. The van der Waals surface area contributed by atoms with E-state index in [1.54, 1.807) is 12.5 Å². The molecule has 0 aliphatic carbocycles. The highest BCUT2D eigenvalue weighted by molar-refractivity contribution is 5.57. The Morgan fingerprint density at radius 2 is 1.65 bits per heavy atom. The Morgan fingerprint density at radius 1 is 0.941 bits per heavy atom. The van der Waals surface area contributed by atoms with Crippen molar-refractivity contribution in [2.24, 2.45) is 0 Å². The highest BCUT2D eigenvalue weighted by Crippen LogP contribution is 2.22. The lowest BCUT2D eigenvalue weighted by Crippen LogP contribution is -1.93. The normalized spacial score (nSPS) is 10.6. The van der Waals surface area contributed by atoms with Crippen LogP contribution >= 0.6 is 0 Å². The lowest BCUT2D eigenvalue weighted by Gasteiger charge is -2.01. The SMILES string of the molecule is Cc1cc(-c2ccco2)nc(-c2ccco2)n1. The molecule has 0 bridgehead atoms. The number of rotatable bonds is 2. The first-order chi connectivity index (χ1) is 8.33. The van der Waals surface area contributed by atoms with E-state index in [4.69, 9.17) is 8.83 Å². The van der Waals surface area contributed by atoms with Gasteiger partial charge in [0.05, 0.1) is 12.5 Å². The van der Waals surface area contributed by atoms with Crippen molar-refractivity contribution in [1.82, 2.24) is 9.97 Å². The van der Waals surface area contributed by atoms with Crippen molar-refractivity contribution in [3.63, 3.8) is 0 Å². The van der Waals surface area contributed by atoms with Crippen LogP contribution in [0.1, 0.15) is 5.69 Å². The molecule has 4 nitrogen and oxygen atoms in total. The second-order valence-electron chi connectivity index (χ2n) is 3.67. The first-order valence-electron chi connectivity index (χ1n) is 5.26. The molecule has 3 heterocycles. The minimum absolute atomic E-state index is 0.571. The van der Waals surface area contributed by atoms with Crippen LogP contribution in [0.15, 0.2) is 51.7 Å². The van der Waals surface area contributed by atoms with Gasteiger partial charge in [-0.05, 0) is 37.3 Å². The average Bonchev–Trinajstić information content (AvgIpc) is 3.02. The maximum atomic E-state index is 5.33. The van der Waals surface area contributed by atoms with Crippen molar-refractivity contribution < 1.29 is 8.83 Å². The Hall–Kier alpha value is -2.36. The van der Waals surface area contributed by atoms with Gasteiger partial charge in [0.2, 0.25) is 0 Å². The van der Waals surface area contributed by atoms with Crippen LogP contribution in [0, 0.1) is 6.92 Å². The van der Waals surface area contributed by atoms with E-state index in [-0.39, 0.29) is 0 Å². The molecule has 0 atom stereocenters. The molecule has 17 heavy (non-hydrogen) atoms. The largest absolute Gasteiger partial charge is 0.463 e. The Morgan fingerprint density at radius 3 is 2.29 bits per heavy atom. The molecule has 0 radical (unpaired) electrons. The summed E-state index contributed by atoms with van der Waals surface area (Å²) < 4.78 is 10.6. The van der Waals surface area contributed by atoms with Gasteiger partial charge < -0.3 is 8.83 Å². The predicted octanol–water partition coefficient (Wildman–Crippen LogP) is 3.31. The van der Waals surface area contributed by atoms with E-state index in [1.807, 2.05) is 37.3 Å². The van der Waals surface area contributed by atoms with Crippen molar-refractivity contribution in [2.45, 2.75) is 6.92 Å². The van der Waals surface area contributed by atoms with E-state index >= 15 is 0 Å². The second kappa shape index (κ2) is 3.90. The van der Waals surface area contributed by atoms with Crippen LogP contribution < -0.4 is 0 Å². The van der Waals surface area contributed by atoms with Crippen molar-refractivity contribution in [3.05, 3.63) is 48.6 Å². The fraction of sp³-hybridized carbons (Fsp3) is 0.0769. The Labute approximate surface area is 97.9 Å². The summed E-state index contributed by atoms with van der Waals surface area (Å²) in [6.45, 7) is 1.92. The highest BCUT2D eigenvalue weighted by atomic mass is 16.3. The monoisotopic (exact) mass is 226 g/mol. The van der Waals surface area contributed by atoms with Gasteiger partial charge in [0.1, 0.15) is 5.69 Å². The average molecular weight is 226 g/mol. The quantitative estimate of drug-likeness (QED) is 0.672. The summed E-state index contributed by atoms with van der Waals surface area (Å²) in [6.07, 6.45) is 3.23. The topological polar surface area (TPSA) is 52.1 Å². The predicted molar refractivity (Wildman–Crippen MR) is 62.2 cm³/mol. The van der Waals surface area contributed by atoms with Crippen LogP contribution in [0.3, 0.4) is 0 Å². The Balaban J connectivity index is 2.13. The summed E-state index contributed by atoms with van der Waals surface area (Å²) in [7, 11) is 0. The first-order valence-corrected chi connectivity index (χ1v) is 5.26. The number of aryl methyl sites for hydroxylation is 1. The van der Waals surface area contributed by atoms with Gasteiger partial charge in [0.15, 0.2) is 17.3 Å². The zero-order chi connectivity index (χ0) is 11.7. The standard InChI is InChI=1S/C13H10N2O2/c1-9-8-10(11-4-2-6-16-11)15-13(14-9)12-5-3-7-17-12/h2-8H,1H3. The number of nitrogens with zero attached hydrogens (tertiary/aromatic N) is 2. The van der Waals surface area contributed by atoms with E-state index in [9.17, 15) is 0 Å². The van der Waals surface area contributed by atoms with Crippen LogP contribution in [0.25, 0.3) is 23.0 Å². The zero-order valence-corrected chi connectivity index (χ0v) is 9.25. The van der Waals surface area contributed by atoms with Gasteiger partial charge in [0.25, 0.3) is 0 Å². The van der Waals surface area contributed by atoms with Crippen LogP contribution in [0.4, 0.5) is 0 Å². The molecule has 0 aliphatic heterocycles. The number of furan rings is 2. The van der Waals surface area contributed by atoms with Crippen LogP contribution in [0.2, 0.25) is 0 Å². The molecule has 0 unspecified atom stereocenters. The van der Waals surface area contributed by atoms with Crippen LogP contribution in [0.5, 0.6) is 0 Å². The highest BCUT2D eigenvalue weighted by Gasteiger charge is 2.09. The summed E-state index contributed by atoms with van der Waals surface area (Å²) in [6, 6.07) is 9.23. The fourth-order valence-corrected chi connectivity index (χ4v) is 1.64. The molecule has 3 rings (SSSR count). The third-order valence-corrected chi connectivity index (χ3v) is 2.37. The lowest BCUT2D eigenvalue weighted by molar-refractivity contribution is 0.573. The molecule has 0 aliphatic rings. The fourth-order valence-electron chi connectivity index (χ4n) is 1.64. The number of aromatic nitrogens is 2. The van der Waals surface area contributed by atoms with Gasteiger partial charge in [-0.15, -0.1) is 0 Å². The summed E-state index contributed by atoms with van der Waals surface area (Å²) in [4.78, 5) is 8.76. The third-order valence-electron chi connectivity index (χ3n) is 2.37. The molecule has 0 saturated carbocycles. The maximum Gasteiger partial charge on any atom is 0.196 e. The van der Waals surface area contributed by atoms with Gasteiger partial charge in [-0.3, -0.25) is 0 Å². The summed E-state index contributed by atoms with van der Waals surface area (Å²) in [5.41, 5.74) is 1.63. The molecule has 3 aromatic heterocycles. The molecule has 84 valence electrons. The van der Waals surface area contributed by atoms with Gasteiger partial charge in [0, 0.05) is 5.69 Å². The van der Waals surface area contributed by atoms with Gasteiger partial charge in [-0.2, -0.15) is 0 Å². The molecule has 0 aromatic carbocycles. The molecular weight excluding hydrogens is 216 g/mol. The summed E-state index contributed by atoms with van der Waals surface area (Å²) >= 11 is 0. The van der Waals surface area contributed by atoms with Crippen LogP contribution in [-0.4, -0.2) is 9.97 Å². The van der Waals surface area contributed by atoms with Gasteiger partial charge in [-0.25, -0.2) is 9.97 Å². The molecular formula is C13H10N2O2. The van der Waals surface area contributed by atoms with E-state index in [1.165, 1.54) is 0 Å². The van der Waals surface area contributed by atoms with E-state index < -0.39 is 0 Å². The van der Waals surface area contributed by atoms with E-state index in [0.29, 0.717) is 11.6 Å². The molecule has 4 heteroatoms. The number of hydrogen-bond donors (Lipinski definition) is 0. The molecule has 0 amide bonds. The van der Waals surface area contributed by atoms with Crippen molar-refractivity contribution >= 4 is 0 Å². The molecule has 0 spiro atoms.